The summed E-state index contributed by atoms with van der Waals surface area (Å²) in [5.41, 5.74) is 8.67. The second-order valence-electron chi connectivity index (χ2n) is 4.77. The van der Waals surface area contributed by atoms with Crippen molar-refractivity contribution in [1.29, 1.82) is 0 Å². The van der Waals surface area contributed by atoms with Crippen molar-refractivity contribution >= 4 is 39.3 Å². The van der Waals surface area contributed by atoms with Gasteiger partial charge in [0.2, 0.25) is 0 Å². The second kappa shape index (κ2) is 7.51. The first-order valence-corrected chi connectivity index (χ1v) is 8.65. The second-order valence-corrected chi connectivity index (χ2v) is 7.25. The molecule has 0 aromatic heterocycles. The third-order valence-corrected chi connectivity index (χ3v) is 5.30. The molecule has 0 spiro atoms. The highest BCUT2D eigenvalue weighted by molar-refractivity contribution is 9.10. The van der Waals surface area contributed by atoms with Crippen molar-refractivity contribution in [2.24, 2.45) is 5.73 Å². The maximum atomic E-state index is 6.15. The Labute approximate surface area is 138 Å². The van der Waals surface area contributed by atoms with Crippen molar-refractivity contribution < 1.29 is 0 Å². The molecule has 2 N–H and O–H groups in total. The molecule has 0 aliphatic carbocycles. The van der Waals surface area contributed by atoms with Crippen LogP contribution in [0.3, 0.4) is 0 Å². The molecule has 0 saturated carbocycles. The van der Waals surface area contributed by atoms with E-state index in [1.165, 1.54) is 11.1 Å². The van der Waals surface area contributed by atoms with Gasteiger partial charge < -0.3 is 5.73 Å². The van der Waals surface area contributed by atoms with Crippen LogP contribution in [0.4, 0.5) is 0 Å². The molecule has 0 amide bonds. The van der Waals surface area contributed by atoms with Crippen molar-refractivity contribution in [3.63, 3.8) is 0 Å². The highest BCUT2D eigenvalue weighted by Gasteiger charge is 2.17. The smallest absolute Gasteiger partial charge is 0.0449 e. The maximum Gasteiger partial charge on any atom is 0.0449 e. The molecule has 0 saturated heterocycles. The van der Waals surface area contributed by atoms with E-state index in [1.54, 1.807) is 0 Å². The third kappa shape index (κ3) is 4.52. The van der Waals surface area contributed by atoms with Crippen molar-refractivity contribution in [3.8, 4) is 0 Å². The van der Waals surface area contributed by atoms with E-state index in [0.717, 1.165) is 15.2 Å². The molecule has 4 heteroatoms. The van der Waals surface area contributed by atoms with Gasteiger partial charge in [0.25, 0.3) is 0 Å². The zero-order valence-electron chi connectivity index (χ0n) is 11.2. The van der Waals surface area contributed by atoms with Crippen LogP contribution in [0.5, 0.6) is 0 Å². The lowest BCUT2D eigenvalue weighted by molar-refractivity contribution is 0.721. The molecule has 0 bridgehead atoms. The quantitative estimate of drug-likeness (QED) is 0.760. The van der Waals surface area contributed by atoms with Crippen LogP contribution in [-0.4, -0.2) is 6.04 Å². The number of hydrogen-bond acceptors (Lipinski definition) is 2. The molecule has 0 heterocycles. The van der Waals surface area contributed by atoms with E-state index >= 15 is 0 Å². The fourth-order valence-corrected chi connectivity index (χ4v) is 3.75. The first-order chi connectivity index (χ1) is 9.56. The Kier molecular flexibility index (Phi) is 5.97. The van der Waals surface area contributed by atoms with Gasteiger partial charge in [-0.05, 0) is 42.3 Å². The van der Waals surface area contributed by atoms with E-state index in [2.05, 4.69) is 53.2 Å². The minimum absolute atomic E-state index is 0.0987. The molecule has 20 heavy (non-hydrogen) atoms. The molecule has 0 fully saturated rings. The summed E-state index contributed by atoms with van der Waals surface area (Å²) in [4.78, 5) is 0. The lowest BCUT2D eigenvalue weighted by Crippen LogP contribution is -2.22. The van der Waals surface area contributed by atoms with Gasteiger partial charge in [-0.3, -0.25) is 0 Å². The molecular weight excluding hydrogens is 354 g/mol. The molecule has 2 aromatic carbocycles. The molecule has 106 valence electrons. The topological polar surface area (TPSA) is 26.0 Å². The predicted molar refractivity (Wildman–Crippen MR) is 93.3 cm³/mol. The van der Waals surface area contributed by atoms with Crippen molar-refractivity contribution in [2.75, 3.05) is 0 Å². The predicted octanol–water partition coefficient (Wildman–Crippen LogP) is 5.42. The van der Waals surface area contributed by atoms with E-state index in [9.17, 15) is 0 Å². The summed E-state index contributed by atoms with van der Waals surface area (Å²) < 4.78 is 1.09. The Hall–Kier alpha value is -0.480. The van der Waals surface area contributed by atoms with Gasteiger partial charge in [0.15, 0.2) is 0 Å². The number of halogens is 2. The summed E-state index contributed by atoms with van der Waals surface area (Å²) in [5, 5.41) is 1.05. The Morgan fingerprint density at radius 2 is 1.90 bits per heavy atom. The number of nitrogens with two attached hydrogens (primary N) is 1. The van der Waals surface area contributed by atoms with Gasteiger partial charge in [0, 0.05) is 26.5 Å². The molecule has 2 unspecified atom stereocenters. The fourth-order valence-electron chi connectivity index (χ4n) is 2.00. The molecule has 1 nitrogen and oxygen atoms in total. The van der Waals surface area contributed by atoms with E-state index in [4.69, 9.17) is 17.3 Å². The van der Waals surface area contributed by atoms with E-state index in [-0.39, 0.29) is 11.3 Å². The van der Waals surface area contributed by atoms with Crippen LogP contribution in [0.25, 0.3) is 0 Å². The van der Waals surface area contributed by atoms with E-state index in [1.807, 2.05) is 30.0 Å². The van der Waals surface area contributed by atoms with Crippen molar-refractivity contribution in [1.82, 2.24) is 0 Å². The normalized spacial score (nSPS) is 14.0. The van der Waals surface area contributed by atoms with Crippen LogP contribution in [-0.2, 0) is 5.75 Å². The molecule has 2 aromatic rings. The van der Waals surface area contributed by atoms with Crippen LogP contribution in [0.2, 0.25) is 5.02 Å². The van der Waals surface area contributed by atoms with Gasteiger partial charge in [-0.25, -0.2) is 0 Å². The summed E-state index contributed by atoms with van der Waals surface area (Å²) in [6.45, 7) is 2.06. The van der Waals surface area contributed by atoms with Gasteiger partial charge in [-0.1, -0.05) is 51.8 Å². The number of thioether (sulfide) groups is 1. The van der Waals surface area contributed by atoms with Crippen LogP contribution in [0.15, 0.2) is 53.0 Å². The Bertz CT molecular complexity index is 557. The number of hydrogen-bond donors (Lipinski definition) is 1. The highest BCUT2D eigenvalue weighted by Crippen LogP contribution is 2.35. The Morgan fingerprint density at radius 3 is 2.50 bits per heavy atom. The van der Waals surface area contributed by atoms with Crippen molar-refractivity contribution in [2.45, 2.75) is 24.0 Å². The van der Waals surface area contributed by atoms with Gasteiger partial charge in [0.1, 0.15) is 0 Å². The maximum absolute atomic E-state index is 6.15. The number of rotatable bonds is 5. The van der Waals surface area contributed by atoms with Gasteiger partial charge >= 0.3 is 0 Å². The molecule has 0 aliphatic heterocycles. The van der Waals surface area contributed by atoms with Crippen LogP contribution in [0.1, 0.15) is 23.3 Å². The molecular formula is C16H17BrClNS. The fraction of sp³-hybridized carbons (Fsp3) is 0.250. The van der Waals surface area contributed by atoms with Gasteiger partial charge in [0.05, 0.1) is 0 Å². The largest absolute Gasteiger partial charge is 0.327 e. The zero-order chi connectivity index (χ0) is 14.5. The first-order valence-electron chi connectivity index (χ1n) is 6.43. The van der Waals surface area contributed by atoms with Gasteiger partial charge in [-0.2, -0.15) is 0 Å². The van der Waals surface area contributed by atoms with Gasteiger partial charge in [-0.15, -0.1) is 11.8 Å². The highest BCUT2D eigenvalue weighted by atomic mass is 79.9. The monoisotopic (exact) mass is 369 g/mol. The van der Waals surface area contributed by atoms with Crippen molar-refractivity contribution in [3.05, 3.63) is 69.2 Å². The molecule has 0 radical (unpaired) electrons. The number of benzene rings is 2. The summed E-state index contributed by atoms with van der Waals surface area (Å²) >= 11 is 11.3. The molecule has 2 atom stereocenters. The average Bonchev–Trinajstić information content (AvgIpc) is 2.41. The SMILES string of the molecule is CC(N)C(SCc1ccc(Cl)cc1)c1cccc(Br)c1. The van der Waals surface area contributed by atoms with Crippen LogP contribution in [0, 0.1) is 0 Å². The minimum atomic E-state index is 0.0987. The van der Waals surface area contributed by atoms with Crippen LogP contribution < -0.4 is 5.73 Å². The summed E-state index contributed by atoms with van der Waals surface area (Å²) in [5.74, 6) is 0.926. The summed E-state index contributed by atoms with van der Waals surface area (Å²) in [7, 11) is 0. The zero-order valence-corrected chi connectivity index (χ0v) is 14.4. The Balaban J connectivity index is 2.08. The molecule has 2 rings (SSSR count). The van der Waals surface area contributed by atoms with E-state index < -0.39 is 0 Å². The van der Waals surface area contributed by atoms with Crippen LogP contribution >= 0.6 is 39.3 Å². The third-order valence-electron chi connectivity index (χ3n) is 3.00. The lowest BCUT2D eigenvalue weighted by Gasteiger charge is -2.21. The van der Waals surface area contributed by atoms with E-state index in [0.29, 0.717) is 0 Å². The average molecular weight is 371 g/mol. The summed E-state index contributed by atoms with van der Waals surface area (Å²) in [6, 6.07) is 16.4. The minimum Gasteiger partial charge on any atom is -0.327 e. The Morgan fingerprint density at radius 1 is 1.20 bits per heavy atom. The molecule has 0 aliphatic rings. The first kappa shape index (κ1) is 15.9. The lowest BCUT2D eigenvalue weighted by atomic mass is 10.1. The summed E-state index contributed by atoms with van der Waals surface area (Å²) in [6.07, 6.45) is 0. The standard InChI is InChI=1S/C16H17BrClNS/c1-11(19)16(13-3-2-4-14(17)9-13)20-10-12-5-7-15(18)8-6-12/h2-9,11,16H,10,19H2,1H3.